The van der Waals surface area contributed by atoms with Gasteiger partial charge in [0.1, 0.15) is 17.7 Å². The summed E-state index contributed by atoms with van der Waals surface area (Å²) in [6.07, 6.45) is 2.29. The second-order valence-electron chi connectivity index (χ2n) is 3.34. The first-order valence-electron chi connectivity index (χ1n) is 4.82. The van der Waals surface area contributed by atoms with E-state index in [1.165, 1.54) is 0 Å². The molecule has 3 N–H and O–H groups in total. The molecule has 0 aromatic heterocycles. The van der Waals surface area contributed by atoms with E-state index in [2.05, 4.69) is 0 Å². The summed E-state index contributed by atoms with van der Waals surface area (Å²) in [6.45, 7) is 0. The number of carbonyl (C=O) groups is 1. The van der Waals surface area contributed by atoms with Crippen LogP contribution in [0.2, 0.25) is 0 Å². The Morgan fingerprint density at radius 3 is 2.62 bits per heavy atom. The van der Waals surface area contributed by atoms with Crippen molar-refractivity contribution in [3.05, 3.63) is 29.8 Å². The second-order valence-corrected chi connectivity index (χ2v) is 4.16. The maximum Gasteiger partial charge on any atom is 0.320 e. The van der Waals surface area contributed by atoms with Gasteiger partial charge in [0.05, 0.1) is 0 Å². The molecular weight excluding hydrogens is 226 g/mol. The van der Waals surface area contributed by atoms with Crippen molar-refractivity contribution in [1.29, 1.82) is 0 Å². The summed E-state index contributed by atoms with van der Waals surface area (Å²) in [5.41, 5.74) is 6.33. The van der Waals surface area contributed by atoms with E-state index in [0.29, 0.717) is 12.4 Å². The van der Waals surface area contributed by atoms with Gasteiger partial charge in [-0.2, -0.15) is 0 Å². The number of thioether (sulfide) groups is 1. The third-order valence-electron chi connectivity index (χ3n) is 2.04. The van der Waals surface area contributed by atoms with Gasteiger partial charge in [-0.3, -0.25) is 4.79 Å². The smallest absolute Gasteiger partial charge is 0.320 e. The summed E-state index contributed by atoms with van der Waals surface area (Å²) >= 11 is 1.60. The minimum Gasteiger partial charge on any atom is -0.483 e. The topological polar surface area (TPSA) is 72.5 Å². The predicted molar refractivity (Wildman–Crippen MR) is 64.8 cm³/mol. The summed E-state index contributed by atoms with van der Waals surface area (Å²) in [7, 11) is 0. The Morgan fingerprint density at radius 1 is 1.50 bits per heavy atom. The largest absolute Gasteiger partial charge is 0.483 e. The third kappa shape index (κ3) is 4.12. The van der Waals surface area contributed by atoms with Gasteiger partial charge < -0.3 is 15.6 Å². The molecule has 0 bridgehead atoms. The van der Waals surface area contributed by atoms with Gasteiger partial charge in [-0.15, -0.1) is 11.8 Å². The molecule has 0 aliphatic rings. The highest BCUT2D eigenvalue weighted by Gasteiger charge is 2.11. The fraction of sp³-hybridized carbons (Fsp3) is 0.364. The first-order valence-corrected chi connectivity index (χ1v) is 6.22. The van der Waals surface area contributed by atoms with Crippen LogP contribution in [0.4, 0.5) is 0 Å². The summed E-state index contributed by atoms with van der Waals surface area (Å²) in [4.78, 5) is 10.6. The van der Waals surface area contributed by atoms with Gasteiger partial charge in [-0.05, 0) is 30.4 Å². The van der Waals surface area contributed by atoms with Crippen molar-refractivity contribution in [3.8, 4) is 5.75 Å². The Balaban J connectivity index is 2.54. The molecular formula is C11H15NO3S. The van der Waals surface area contributed by atoms with Crippen molar-refractivity contribution in [1.82, 2.24) is 0 Å². The molecule has 0 radical (unpaired) electrons. The maximum atomic E-state index is 10.6. The first-order chi connectivity index (χ1) is 7.63. The monoisotopic (exact) mass is 241 g/mol. The number of carboxylic acids is 1. The zero-order valence-electron chi connectivity index (χ0n) is 9.05. The van der Waals surface area contributed by atoms with Gasteiger partial charge >= 0.3 is 5.97 Å². The Hall–Kier alpha value is -1.20. The maximum absolute atomic E-state index is 10.6. The number of aliphatic carboxylic acids is 1. The molecule has 0 fully saturated rings. The molecule has 1 aromatic carbocycles. The lowest BCUT2D eigenvalue weighted by atomic mass is 10.1. The van der Waals surface area contributed by atoms with Crippen molar-refractivity contribution < 1.29 is 14.6 Å². The van der Waals surface area contributed by atoms with E-state index < -0.39 is 12.0 Å². The Kier molecular flexibility index (Phi) is 5.14. The molecule has 1 atom stereocenters. The molecule has 4 nitrogen and oxygen atoms in total. The van der Waals surface area contributed by atoms with E-state index in [9.17, 15) is 4.79 Å². The Labute approximate surface area is 98.8 Å². The van der Waals surface area contributed by atoms with E-state index in [4.69, 9.17) is 15.6 Å². The van der Waals surface area contributed by atoms with Crippen LogP contribution >= 0.6 is 11.8 Å². The molecule has 0 saturated carbocycles. The Bertz CT molecular complexity index is 340. The minimum atomic E-state index is -0.984. The predicted octanol–water partition coefficient (Wildman–Crippen LogP) is 1.34. The number of benzene rings is 1. The molecule has 0 amide bonds. The molecule has 0 saturated heterocycles. The van der Waals surface area contributed by atoms with Crippen molar-refractivity contribution in [3.63, 3.8) is 0 Å². The van der Waals surface area contributed by atoms with Crippen LogP contribution in [0.5, 0.6) is 5.75 Å². The van der Waals surface area contributed by atoms with Crippen molar-refractivity contribution in [2.75, 3.05) is 12.2 Å². The average Bonchev–Trinajstić information content (AvgIpc) is 2.28. The van der Waals surface area contributed by atoms with Gasteiger partial charge in [0.25, 0.3) is 0 Å². The van der Waals surface area contributed by atoms with E-state index in [1.54, 1.807) is 11.8 Å². The summed E-state index contributed by atoms with van der Waals surface area (Å²) < 4.78 is 5.38. The van der Waals surface area contributed by atoms with Crippen LogP contribution in [0.1, 0.15) is 5.56 Å². The van der Waals surface area contributed by atoms with Crippen molar-refractivity contribution in [2.45, 2.75) is 12.5 Å². The molecule has 0 spiro atoms. The number of hydrogen-bond acceptors (Lipinski definition) is 4. The summed E-state index contributed by atoms with van der Waals surface area (Å²) in [5.74, 6) is 0.401. The lowest BCUT2D eigenvalue weighted by Gasteiger charge is -2.08. The van der Waals surface area contributed by atoms with E-state index in [-0.39, 0.29) is 0 Å². The Morgan fingerprint density at radius 2 is 2.12 bits per heavy atom. The molecule has 1 rings (SSSR count). The fourth-order valence-electron chi connectivity index (χ4n) is 1.19. The fourth-order valence-corrected chi connectivity index (χ4v) is 1.44. The first kappa shape index (κ1) is 12.9. The van der Waals surface area contributed by atoms with Crippen LogP contribution in [0.15, 0.2) is 24.3 Å². The summed E-state index contributed by atoms with van der Waals surface area (Å²) in [5, 5.41) is 8.66. The zero-order valence-corrected chi connectivity index (χ0v) is 9.87. The number of ether oxygens (including phenoxy) is 1. The summed E-state index contributed by atoms with van der Waals surface area (Å²) in [6, 6.07) is 6.45. The molecule has 1 aromatic rings. The number of nitrogens with two attached hydrogens (primary N) is 1. The highest BCUT2D eigenvalue weighted by atomic mass is 32.2. The third-order valence-corrected chi connectivity index (χ3v) is 2.39. The van der Waals surface area contributed by atoms with Gasteiger partial charge in [0, 0.05) is 0 Å². The van der Waals surface area contributed by atoms with E-state index in [0.717, 1.165) is 11.3 Å². The van der Waals surface area contributed by atoms with Crippen molar-refractivity contribution in [2.24, 2.45) is 5.73 Å². The lowest BCUT2D eigenvalue weighted by molar-refractivity contribution is -0.138. The van der Waals surface area contributed by atoms with E-state index in [1.807, 2.05) is 30.5 Å². The van der Waals surface area contributed by atoms with Crippen LogP contribution in [0.3, 0.4) is 0 Å². The highest BCUT2D eigenvalue weighted by Crippen LogP contribution is 2.14. The van der Waals surface area contributed by atoms with Gasteiger partial charge in [-0.25, -0.2) is 0 Å². The van der Waals surface area contributed by atoms with Crippen molar-refractivity contribution >= 4 is 17.7 Å². The standard InChI is InChI=1S/C11H15NO3S/c1-16-7-15-9-4-2-8(3-5-9)6-10(12)11(13)14/h2-5,10H,6-7,12H2,1H3,(H,13,14)/t10-/m1/s1. The lowest BCUT2D eigenvalue weighted by Crippen LogP contribution is -2.32. The molecule has 0 unspecified atom stereocenters. The molecule has 5 heteroatoms. The van der Waals surface area contributed by atoms with Crippen LogP contribution in [-0.2, 0) is 11.2 Å². The quantitative estimate of drug-likeness (QED) is 0.735. The average molecular weight is 241 g/mol. The van der Waals surface area contributed by atoms with Crippen LogP contribution in [0.25, 0.3) is 0 Å². The van der Waals surface area contributed by atoms with Gasteiger partial charge in [0.2, 0.25) is 0 Å². The minimum absolute atomic E-state index is 0.331. The van der Waals surface area contributed by atoms with Crippen LogP contribution in [0, 0.1) is 0 Å². The molecule has 0 aliphatic carbocycles. The van der Waals surface area contributed by atoms with Gasteiger partial charge in [-0.1, -0.05) is 12.1 Å². The normalized spacial score (nSPS) is 12.1. The SMILES string of the molecule is CSCOc1ccc(C[C@@H](N)C(=O)O)cc1. The molecule has 88 valence electrons. The van der Waals surface area contributed by atoms with Crippen LogP contribution in [-0.4, -0.2) is 29.3 Å². The van der Waals surface area contributed by atoms with E-state index >= 15 is 0 Å². The number of hydrogen-bond donors (Lipinski definition) is 2. The highest BCUT2D eigenvalue weighted by molar-refractivity contribution is 7.98. The molecule has 0 heterocycles. The second kappa shape index (κ2) is 6.40. The zero-order chi connectivity index (χ0) is 12.0. The number of carboxylic acid groups (broad SMARTS) is 1. The molecule has 16 heavy (non-hydrogen) atoms. The number of rotatable bonds is 6. The van der Waals surface area contributed by atoms with Gasteiger partial charge in [0.15, 0.2) is 0 Å². The molecule has 0 aliphatic heterocycles. The van der Waals surface area contributed by atoms with Crippen LogP contribution < -0.4 is 10.5 Å².